The molecule has 0 saturated carbocycles. The van der Waals surface area contributed by atoms with Crippen LogP contribution in [0, 0.1) is 0 Å². The van der Waals surface area contributed by atoms with Gasteiger partial charge in [0.1, 0.15) is 18.3 Å². The van der Waals surface area contributed by atoms with Crippen LogP contribution in [0.5, 0.6) is 0 Å². The standard InChI is InChI=1S/C8H19NO6/c9-4(1-2-10)6(13)8(15)7(14)5(12)3-11/h4-8,10-15H,1-3,9H2/t4?,5-,6+,7-,8-/m1/s1/i4D. The summed E-state index contributed by atoms with van der Waals surface area (Å²) >= 11 is 0. The van der Waals surface area contributed by atoms with Gasteiger partial charge < -0.3 is 36.4 Å². The molecule has 0 aliphatic heterocycles. The van der Waals surface area contributed by atoms with Gasteiger partial charge in [0.25, 0.3) is 0 Å². The first-order chi connectivity index (χ1) is 7.27. The molecule has 0 aromatic heterocycles. The summed E-state index contributed by atoms with van der Waals surface area (Å²) in [5.41, 5.74) is 5.29. The summed E-state index contributed by atoms with van der Waals surface area (Å²) in [6, 6.07) is -2.05. The lowest BCUT2D eigenvalue weighted by atomic mass is 9.97. The molecule has 8 N–H and O–H groups in total. The van der Waals surface area contributed by atoms with Gasteiger partial charge in [-0.05, 0) is 6.42 Å². The highest BCUT2D eigenvalue weighted by Gasteiger charge is 2.32. The maximum absolute atomic E-state index is 9.47. The molecule has 0 fully saturated rings. The van der Waals surface area contributed by atoms with E-state index in [4.69, 9.17) is 22.4 Å². The molecule has 0 rings (SSSR count). The highest BCUT2D eigenvalue weighted by atomic mass is 16.4. The van der Waals surface area contributed by atoms with Gasteiger partial charge in [-0.1, -0.05) is 0 Å². The molecule has 0 aromatic rings. The first-order valence-corrected chi connectivity index (χ1v) is 4.50. The minimum atomic E-state index is -2.05. The molecule has 0 spiro atoms. The number of aliphatic hydroxyl groups is 6. The summed E-state index contributed by atoms with van der Waals surface area (Å²) in [5.74, 6) is 0. The van der Waals surface area contributed by atoms with Crippen LogP contribution in [0.2, 0.25) is 0 Å². The molecule has 0 aliphatic rings. The minimum absolute atomic E-state index is 0.312. The lowest BCUT2D eigenvalue weighted by Crippen LogP contribution is -2.52. The van der Waals surface area contributed by atoms with E-state index in [2.05, 4.69) is 0 Å². The van der Waals surface area contributed by atoms with Crippen LogP contribution < -0.4 is 5.73 Å². The minimum Gasteiger partial charge on any atom is -0.396 e. The number of hydrogen-bond acceptors (Lipinski definition) is 7. The Kier molecular flexibility index (Phi) is 6.03. The molecule has 5 atom stereocenters. The zero-order valence-electron chi connectivity index (χ0n) is 9.19. The van der Waals surface area contributed by atoms with Crippen molar-refractivity contribution in [1.29, 1.82) is 0 Å². The quantitative estimate of drug-likeness (QED) is 0.235. The number of nitrogens with two attached hydrogens (primary N) is 1. The Morgan fingerprint density at radius 1 is 1.00 bits per heavy atom. The lowest BCUT2D eigenvalue weighted by Gasteiger charge is -2.28. The average molecular weight is 226 g/mol. The summed E-state index contributed by atoms with van der Waals surface area (Å²) in [6.07, 6.45) is -7.54. The van der Waals surface area contributed by atoms with Crippen molar-refractivity contribution in [2.45, 2.75) is 36.9 Å². The van der Waals surface area contributed by atoms with Crippen molar-refractivity contribution < 1.29 is 32.0 Å². The third-order valence-corrected chi connectivity index (χ3v) is 2.04. The van der Waals surface area contributed by atoms with E-state index in [9.17, 15) is 15.3 Å². The van der Waals surface area contributed by atoms with Crippen molar-refractivity contribution >= 4 is 0 Å². The molecule has 0 heterocycles. The van der Waals surface area contributed by atoms with Gasteiger partial charge in [-0.3, -0.25) is 0 Å². The van der Waals surface area contributed by atoms with E-state index >= 15 is 0 Å². The van der Waals surface area contributed by atoms with Gasteiger partial charge in [0.15, 0.2) is 0 Å². The average Bonchev–Trinajstić information content (AvgIpc) is 2.24. The van der Waals surface area contributed by atoms with Gasteiger partial charge >= 0.3 is 0 Å². The monoisotopic (exact) mass is 226 g/mol. The van der Waals surface area contributed by atoms with Crippen molar-refractivity contribution in [3.05, 3.63) is 0 Å². The Morgan fingerprint density at radius 2 is 1.53 bits per heavy atom. The molecule has 0 aromatic carbocycles. The Hall–Kier alpha value is -0.280. The van der Waals surface area contributed by atoms with Gasteiger partial charge in [0.2, 0.25) is 0 Å². The van der Waals surface area contributed by atoms with Crippen molar-refractivity contribution in [2.75, 3.05) is 13.2 Å². The molecule has 92 valence electrons. The van der Waals surface area contributed by atoms with Gasteiger partial charge in [-0.15, -0.1) is 0 Å². The van der Waals surface area contributed by atoms with E-state index in [0.717, 1.165) is 0 Å². The third kappa shape index (κ3) is 4.39. The summed E-state index contributed by atoms with van der Waals surface area (Å²) in [5, 5.41) is 54.3. The largest absolute Gasteiger partial charge is 0.396 e. The number of aliphatic hydroxyl groups excluding tert-OH is 6. The predicted octanol–water partition coefficient (Wildman–Crippen LogP) is -3.87. The summed E-state index contributed by atoms with van der Waals surface area (Å²) in [6.45, 7) is -1.27. The van der Waals surface area contributed by atoms with E-state index in [1.165, 1.54) is 0 Å². The Bertz CT molecular complexity index is 205. The fraction of sp³-hybridized carbons (Fsp3) is 1.00. The summed E-state index contributed by atoms with van der Waals surface area (Å²) in [7, 11) is 0. The molecule has 15 heavy (non-hydrogen) atoms. The highest BCUT2D eigenvalue weighted by Crippen LogP contribution is 2.08. The van der Waals surface area contributed by atoms with Crippen LogP contribution in [0.25, 0.3) is 0 Å². The van der Waals surface area contributed by atoms with E-state index in [1.54, 1.807) is 0 Å². The van der Waals surface area contributed by atoms with Gasteiger partial charge in [-0.25, -0.2) is 0 Å². The van der Waals surface area contributed by atoms with Crippen LogP contribution in [0.3, 0.4) is 0 Å². The molecule has 0 bridgehead atoms. The van der Waals surface area contributed by atoms with Gasteiger partial charge in [0, 0.05) is 14.0 Å². The van der Waals surface area contributed by atoms with Crippen molar-refractivity contribution in [3.63, 3.8) is 0 Å². The van der Waals surface area contributed by atoms with Gasteiger partial charge in [-0.2, -0.15) is 0 Å². The van der Waals surface area contributed by atoms with Crippen LogP contribution in [-0.4, -0.2) is 74.3 Å². The van der Waals surface area contributed by atoms with E-state index in [-0.39, 0.29) is 6.42 Å². The first-order valence-electron chi connectivity index (χ1n) is 5.00. The van der Waals surface area contributed by atoms with Crippen LogP contribution in [0.15, 0.2) is 0 Å². The lowest BCUT2D eigenvalue weighted by molar-refractivity contribution is -0.120. The maximum Gasteiger partial charge on any atom is 0.111 e. The van der Waals surface area contributed by atoms with E-state index < -0.39 is 43.6 Å². The van der Waals surface area contributed by atoms with Crippen LogP contribution >= 0.6 is 0 Å². The molecule has 0 saturated heterocycles. The SMILES string of the molecule is [2H]C(N)(CCO)[C@H](O)[C@@H](O)[C@H](O)[C@H](O)CO. The van der Waals surface area contributed by atoms with Crippen molar-refractivity contribution in [2.24, 2.45) is 5.73 Å². The molecule has 7 nitrogen and oxygen atoms in total. The predicted molar refractivity (Wildman–Crippen MR) is 50.8 cm³/mol. The van der Waals surface area contributed by atoms with Crippen LogP contribution in [0.4, 0.5) is 0 Å². The highest BCUT2D eigenvalue weighted by molar-refractivity contribution is 4.86. The molecule has 1 unspecified atom stereocenters. The zero-order valence-corrected chi connectivity index (χ0v) is 8.19. The number of rotatable bonds is 7. The molecular formula is C8H19NO6. The Morgan fingerprint density at radius 3 is 1.93 bits per heavy atom. The fourth-order valence-corrected chi connectivity index (χ4v) is 1.02. The smallest absolute Gasteiger partial charge is 0.111 e. The number of hydrogen-bond donors (Lipinski definition) is 7. The molecular weight excluding hydrogens is 206 g/mol. The second-order valence-corrected chi connectivity index (χ2v) is 3.22. The Balaban J connectivity index is 4.53. The van der Waals surface area contributed by atoms with E-state index in [0.29, 0.717) is 0 Å². The molecule has 0 amide bonds. The summed E-state index contributed by atoms with van der Waals surface area (Å²) in [4.78, 5) is 0. The first kappa shape index (κ1) is 12.8. The van der Waals surface area contributed by atoms with E-state index in [1.807, 2.05) is 0 Å². The fourth-order valence-electron chi connectivity index (χ4n) is 1.02. The van der Waals surface area contributed by atoms with Crippen molar-refractivity contribution in [1.82, 2.24) is 0 Å². The van der Waals surface area contributed by atoms with Crippen LogP contribution in [0.1, 0.15) is 7.79 Å². The topological polar surface area (TPSA) is 147 Å². The Labute approximate surface area is 88.8 Å². The maximum atomic E-state index is 9.47. The van der Waals surface area contributed by atoms with Crippen LogP contribution in [-0.2, 0) is 0 Å². The molecule has 0 radical (unpaired) electrons. The third-order valence-electron chi connectivity index (χ3n) is 2.04. The second-order valence-electron chi connectivity index (χ2n) is 3.22. The zero-order chi connectivity index (χ0) is 12.9. The molecule has 7 heteroatoms. The molecule has 0 aliphatic carbocycles. The normalized spacial score (nSPS) is 24.9. The second kappa shape index (κ2) is 7.07. The van der Waals surface area contributed by atoms with Crippen molar-refractivity contribution in [3.8, 4) is 0 Å². The summed E-state index contributed by atoms with van der Waals surface area (Å²) < 4.78 is 7.41. The van der Waals surface area contributed by atoms with Gasteiger partial charge in [0.05, 0.1) is 12.7 Å².